The average molecular weight is 481 g/mol. The summed E-state index contributed by atoms with van der Waals surface area (Å²) in [5.74, 6) is -0.0700. The number of aromatic nitrogens is 2. The molecule has 1 atom stereocenters. The quantitative estimate of drug-likeness (QED) is 0.578. The Bertz CT molecular complexity index is 1410. The first kappa shape index (κ1) is 23.7. The van der Waals surface area contributed by atoms with Gasteiger partial charge in [-0.1, -0.05) is 30.7 Å². The Kier molecular flexibility index (Phi) is 6.07. The Hall–Kier alpha value is -3.46. The number of hydrogen-bond donors (Lipinski definition) is 2. The highest BCUT2D eigenvalue weighted by atomic mass is 32.2. The molecule has 1 aromatic carbocycles. The van der Waals surface area contributed by atoms with Crippen LogP contribution in [0.5, 0.6) is 0 Å². The first-order valence-corrected chi connectivity index (χ1v) is 12.6. The number of amides is 1. The summed E-state index contributed by atoms with van der Waals surface area (Å²) in [7, 11) is -4.38. The van der Waals surface area contributed by atoms with Crippen LogP contribution >= 0.6 is 0 Å². The third-order valence-corrected chi connectivity index (χ3v) is 8.03. The minimum Gasteiger partial charge on any atom is -0.351 e. The van der Waals surface area contributed by atoms with E-state index < -0.39 is 26.4 Å². The van der Waals surface area contributed by atoms with Gasteiger partial charge in [-0.05, 0) is 63.4 Å². The van der Waals surface area contributed by atoms with Crippen molar-refractivity contribution in [3.63, 3.8) is 0 Å². The van der Waals surface area contributed by atoms with E-state index in [2.05, 4.69) is 30.7 Å². The molecule has 1 saturated heterocycles. The van der Waals surface area contributed by atoms with Crippen LogP contribution in [-0.2, 0) is 10.0 Å². The molecule has 1 unspecified atom stereocenters. The monoisotopic (exact) mass is 480 g/mol. The number of pyridine rings is 2. The largest absolute Gasteiger partial charge is 0.351 e. The van der Waals surface area contributed by atoms with Crippen LogP contribution in [-0.4, -0.2) is 36.4 Å². The molecule has 178 valence electrons. The van der Waals surface area contributed by atoms with Crippen LogP contribution in [0.2, 0.25) is 0 Å². The van der Waals surface area contributed by atoms with Crippen molar-refractivity contribution in [3.05, 3.63) is 76.2 Å². The summed E-state index contributed by atoms with van der Waals surface area (Å²) in [4.78, 5) is 33.9. The zero-order valence-electron chi connectivity index (χ0n) is 19.6. The number of carbonyl (C=O) groups is 1. The fourth-order valence-electron chi connectivity index (χ4n) is 4.26. The summed E-state index contributed by atoms with van der Waals surface area (Å²) in [6, 6.07) is 13.7. The normalized spacial score (nSPS) is 17.5. The van der Waals surface area contributed by atoms with Gasteiger partial charge in [-0.2, -0.15) is 0 Å². The molecule has 1 aliphatic heterocycles. The molecule has 2 N–H and O–H groups in total. The lowest BCUT2D eigenvalue weighted by atomic mass is 9.90. The third kappa shape index (κ3) is 4.35. The second kappa shape index (κ2) is 8.72. The zero-order valence-corrected chi connectivity index (χ0v) is 20.4. The SMILES string of the molecule is Cc1cccc(-c2ccc(C(=O)NS(=O)(=O)c3ccc[nH]c3=O)c(N3CCC(C)C3(C)C)n2)c1. The van der Waals surface area contributed by atoms with Crippen molar-refractivity contribution in [1.82, 2.24) is 14.7 Å². The summed E-state index contributed by atoms with van der Waals surface area (Å²) >= 11 is 0. The fraction of sp³-hybridized carbons (Fsp3) is 0.320. The maximum atomic E-state index is 13.2. The van der Waals surface area contributed by atoms with Gasteiger partial charge in [-0.3, -0.25) is 9.59 Å². The standard InChI is InChI=1S/C25H28N4O4S/c1-16-7-5-8-18(15-16)20-11-10-19(22(27-20)29-14-12-17(2)25(29,3)4)23(30)28-34(32,33)21-9-6-13-26-24(21)31/h5-11,13,15,17H,12,14H2,1-4H3,(H,26,31)(H,28,30). The number of rotatable bonds is 5. The van der Waals surface area contributed by atoms with Crippen molar-refractivity contribution in [2.45, 2.75) is 44.6 Å². The fourth-order valence-corrected chi connectivity index (χ4v) is 5.28. The Morgan fingerprint density at radius 2 is 1.94 bits per heavy atom. The molecule has 0 radical (unpaired) electrons. The van der Waals surface area contributed by atoms with Crippen LogP contribution in [0.15, 0.2) is 64.4 Å². The Morgan fingerprint density at radius 1 is 1.18 bits per heavy atom. The summed E-state index contributed by atoms with van der Waals surface area (Å²) in [6.45, 7) is 9.01. The second-order valence-electron chi connectivity index (χ2n) is 9.23. The van der Waals surface area contributed by atoms with E-state index in [0.29, 0.717) is 24.0 Å². The molecular weight excluding hydrogens is 452 g/mol. The minimum atomic E-state index is -4.38. The number of sulfonamides is 1. The van der Waals surface area contributed by atoms with Gasteiger partial charge in [0.1, 0.15) is 5.82 Å². The number of H-pyrrole nitrogens is 1. The molecule has 0 aliphatic carbocycles. The maximum absolute atomic E-state index is 13.2. The zero-order chi connectivity index (χ0) is 24.7. The Balaban J connectivity index is 1.79. The highest BCUT2D eigenvalue weighted by Crippen LogP contribution is 2.39. The molecule has 34 heavy (non-hydrogen) atoms. The summed E-state index contributed by atoms with van der Waals surface area (Å²) in [5.41, 5.74) is 1.72. The minimum absolute atomic E-state index is 0.134. The molecule has 8 nitrogen and oxygen atoms in total. The molecule has 1 fully saturated rings. The highest BCUT2D eigenvalue weighted by Gasteiger charge is 2.41. The van der Waals surface area contributed by atoms with E-state index in [1.54, 1.807) is 12.1 Å². The van der Waals surface area contributed by atoms with Gasteiger partial charge in [-0.15, -0.1) is 0 Å². The first-order chi connectivity index (χ1) is 16.0. The molecule has 1 aliphatic rings. The molecule has 3 heterocycles. The van der Waals surface area contributed by atoms with Gasteiger partial charge in [0.15, 0.2) is 4.90 Å². The molecule has 3 aromatic rings. The topological polar surface area (TPSA) is 112 Å². The average Bonchev–Trinajstić information content (AvgIpc) is 3.05. The van der Waals surface area contributed by atoms with E-state index in [-0.39, 0.29) is 11.1 Å². The summed E-state index contributed by atoms with van der Waals surface area (Å²) < 4.78 is 27.6. The molecule has 0 spiro atoms. The highest BCUT2D eigenvalue weighted by molar-refractivity contribution is 7.90. The molecular formula is C25H28N4O4S. The number of aryl methyl sites for hydroxylation is 1. The number of nitrogens with zero attached hydrogens (tertiary/aromatic N) is 2. The van der Waals surface area contributed by atoms with Crippen LogP contribution in [0.25, 0.3) is 11.3 Å². The van der Waals surface area contributed by atoms with E-state index in [0.717, 1.165) is 23.6 Å². The van der Waals surface area contributed by atoms with Crippen molar-refractivity contribution >= 4 is 21.7 Å². The van der Waals surface area contributed by atoms with Gasteiger partial charge in [0, 0.05) is 23.8 Å². The lowest BCUT2D eigenvalue weighted by Crippen LogP contribution is -2.44. The van der Waals surface area contributed by atoms with E-state index in [9.17, 15) is 18.0 Å². The van der Waals surface area contributed by atoms with E-state index in [1.807, 2.05) is 35.9 Å². The van der Waals surface area contributed by atoms with Gasteiger partial charge < -0.3 is 9.88 Å². The van der Waals surface area contributed by atoms with Crippen LogP contribution < -0.4 is 15.2 Å². The molecule has 1 amide bonds. The molecule has 4 rings (SSSR count). The number of nitrogens with one attached hydrogen (secondary N) is 2. The first-order valence-electron chi connectivity index (χ1n) is 11.1. The van der Waals surface area contributed by atoms with Gasteiger partial charge in [0.25, 0.3) is 21.5 Å². The van der Waals surface area contributed by atoms with Crippen LogP contribution in [0.3, 0.4) is 0 Å². The van der Waals surface area contributed by atoms with Crippen LogP contribution in [0.1, 0.15) is 43.1 Å². The van der Waals surface area contributed by atoms with Gasteiger partial charge in [0.05, 0.1) is 11.3 Å². The van der Waals surface area contributed by atoms with Crippen molar-refractivity contribution in [3.8, 4) is 11.3 Å². The molecule has 2 aromatic heterocycles. The summed E-state index contributed by atoms with van der Waals surface area (Å²) in [5, 5.41) is 0. The Morgan fingerprint density at radius 3 is 2.59 bits per heavy atom. The smallest absolute Gasteiger partial charge is 0.269 e. The molecule has 9 heteroatoms. The number of hydrogen-bond acceptors (Lipinski definition) is 6. The van der Waals surface area contributed by atoms with E-state index in [1.165, 1.54) is 12.3 Å². The van der Waals surface area contributed by atoms with Crippen molar-refractivity contribution in [2.24, 2.45) is 5.92 Å². The predicted molar refractivity (Wildman–Crippen MR) is 131 cm³/mol. The van der Waals surface area contributed by atoms with E-state index in [4.69, 9.17) is 4.98 Å². The van der Waals surface area contributed by atoms with Gasteiger partial charge in [0.2, 0.25) is 0 Å². The summed E-state index contributed by atoms with van der Waals surface area (Å²) in [6.07, 6.45) is 2.24. The molecule has 0 saturated carbocycles. The van der Waals surface area contributed by atoms with Crippen LogP contribution in [0.4, 0.5) is 5.82 Å². The van der Waals surface area contributed by atoms with Crippen molar-refractivity contribution in [2.75, 3.05) is 11.4 Å². The van der Waals surface area contributed by atoms with Crippen molar-refractivity contribution in [1.29, 1.82) is 0 Å². The molecule has 0 bridgehead atoms. The predicted octanol–water partition coefficient (Wildman–Crippen LogP) is 3.49. The number of aromatic amines is 1. The number of anilines is 1. The van der Waals surface area contributed by atoms with Crippen LogP contribution in [0, 0.1) is 12.8 Å². The number of benzene rings is 1. The Labute approximate surface area is 199 Å². The van der Waals surface area contributed by atoms with Gasteiger partial charge in [-0.25, -0.2) is 18.1 Å². The second-order valence-corrected chi connectivity index (χ2v) is 10.9. The van der Waals surface area contributed by atoms with E-state index >= 15 is 0 Å². The third-order valence-electron chi connectivity index (χ3n) is 6.68. The van der Waals surface area contributed by atoms with Gasteiger partial charge >= 0.3 is 0 Å². The van der Waals surface area contributed by atoms with Crippen molar-refractivity contribution < 1.29 is 13.2 Å². The lowest BCUT2D eigenvalue weighted by molar-refractivity contribution is 0.0981. The lowest BCUT2D eigenvalue weighted by Gasteiger charge is -2.36. The number of carbonyl (C=O) groups excluding carboxylic acids is 1. The maximum Gasteiger partial charge on any atom is 0.269 e.